The molecule has 2 aliphatic heterocycles. The number of carbonyl (C=O) groups is 1. The molecule has 114 valence electrons. The number of piperidine rings is 2. The van der Waals surface area contributed by atoms with E-state index >= 15 is 0 Å². The van der Waals surface area contributed by atoms with Crippen molar-refractivity contribution < 1.29 is 4.79 Å². The number of carbonyl (C=O) groups excluding carboxylic acids is 1. The van der Waals surface area contributed by atoms with Gasteiger partial charge in [-0.1, -0.05) is 0 Å². The summed E-state index contributed by atoms with van der Waals surface area (Å²) in [6, 6.07) is 2.39. The van der Waals surface area contributed by atoms with Gasteiger partial charge in [-0.2, -0.15) is 0 Å². The van der Waals surface area contributed by atoms with Crippen LogP contribution >= 0.6 is 15.9 Å². The Bertz CT molecular complexity index is 550. The van der Waals surface area contributed by atoms with Crippen LogP contribution in [0.4, 0.5) is 5.82 Å². The first-order chi connectivity index (χ1) is 10.1. The summed E-state index contributed by atoms with van der Waals surface area (Å²) in [5.41, 5.74) is 6.37. The lowest BCUT2D eigenvalue weighted by Gasteiger charge is -2.46. The predicted molar refractivity (Wildman–Crippen MR) is 86.0 cm³/mol. The first kappa shape index (κ1) is 14.8. The van der Waals surface area contributed by atoms with Gasteiger partial charge in [-0.15, -0.1) is 0 Å². The van der Waals surface area contributed by atoms with Gasteiger partial charge in [0.1, 0.15) is 5.82 Å². The van der Waals surface area contributed by atoms with E-state index in [4.69, 9.17) is 5.73 Å². The lowest BCUT2D eigenvalue weighted by atomic mass is 9.84. The molecule has 5 nitrogen and oxygen atoms in total. The maximum Gasteiger partial charge on any atom is 0.257 e. The molecule has 2 fully saturated rings. The summed E-state index contributed by atoms with van der Waals surface area (Å²) in [5, 5.41) is 0. The van der Waals surface area contributed by atoms with Gasteiger partial charge >= 0.3 is 0 Å². The zero-order valence-electron chi connectivity index (χ0n) is 12.3. The third-order valence-electron chi connectivity index (χ3n) is 4.75. The number of rotatable bonds is 1. The molecule has 2 unspecified atom stereocenters. The summed E-state index contributed by atoms with van der Waals surface area (Å²) in [7, 11) is 2.20. The van der Waals surface area contributed by atoms with Crippen LogP contribution in [0.5, 0.6) is 0 Å². The minimum Gasteiger partial charge on any atom is -0.383 e. The third-order valence-corrected chi connectivity index (χ3v) is 5.18. The Labute approximate surface area is 133 Å². The first-order valence-electron chi connectivity index (χ1n) is 7.47. The van der Waals surface area contributed by atoms with E-state index in [2.05, 4.69) is 32.9 Å². The number of likely N-dealkylation sites (tertiary alicyclic amines) is 2. The fourth-order valence-electron chi connectivity index (χ4n) is 3.63. The van der Waals surface area contributed by atoms with Crippen LogP contribution in [0.15, 0.2) is 16.7 Å². The molecule has 2 aliphatic rings. The zero-order chi connectivity index (χ0) is 15.0. The van der Waals surface area contributed by atoms with Crippen LogP contribution in [-0.2, 0) is 0 Å². The highest BCUT2D eigenvalue weighted by molar-refractivity contribution is 9.10. The molecule has 1 amide bonds. The molecule has 1 aromatic heterocycles. The van der Waals surface area contributed by atoms with Crippen LogP contribution in [0, 0.1) is 5.92 Å². The molecule has 21 heavy (non-hydrogen) atoms. The molecule has 3 rings (SSSR count). The summed E-state index contributed by atoms with van der Waals surface area (Å²) in [4.78, 5) is 21.2. The quantitative estimate of drug-likeness (QED) is 0.839. The van der Waals surface area contributed by atoms with Crippen molar-refractivity contribution >= 4 is 27.7 Å². The fraction of sp³-hybridized carbons (Fsp3) is 0.600. The molecule has 2 saturated heterocycles. The van der Waals surface area contributed by atoms with E-state index in [0.29, 0.717) is 23.3 Å². The number of nitrogen functional groups attached to an aromatic ring is 1. The van der Waals surface area contributed by atoms with E-state index in [9.17, 15) is 4.79 Å². The summed E-state index contributed by atoms with van der Waals surface area (Å²) in [6.45, 7) is 2.81. The van der Waals surface area contributed by atoms with Gasteiger partial charge < -0.3 is 15.5 Å². The van der Waals surface area contributed by atoms with Crippen molar-refractivity contribution in [3.63, 3.8) is 0 Å². The minimum absolute atomic E-state index is 0.00739. The predicted octanol–water partition coefficient (Wildman–Crippen LogP) is 1.98. The van der Waals surface area contributed by atoms with Crippen LogP contribution in [-0.4, -0.2) is 53.4 Å². The Kier molecular flexibility index (Phi) is 4.17. The fourth-order valence-corrected chi connectivity index (χ4v) is 3.96. The molecule has 0 saturated carbocycles. The van der Waals surface area contributed by atoms with Gasteiger partial charge in [-0.3, -0.25) is 4.79 Å². The first-order valence-corrected chi connectivity index (χ1v) is 8.26. The van der Waals surface area contributed by atoms with Gasteiger partial charge in [0.25, 0.3) is 5.91 Å². The van der Waals surface area contributed by atoms with E-state index in [1.165, 1.54) is 19.4 Å². The molecule has 3 heterocycles. The van der Waals surface area contributed by atoms with Gasteiger partial charge in [0, 0.05) is 29.8 Å². The Morgan fingerprint density at radius 1 is 1.43 bits per heavy atom. The zero-order valence-corrected chi connectivity index (χ0v) is 13.8. The monoisotopic (exact) mass is 352 g/mol. The van der Waals surface area contributed by atoms with Crippen molar-refractivity contribution in [2.24, 2.45) is 5.92 Å². The smallest absolute Gasteiger partial charge is 0.257 e. The second-order valence-corrected chi connectivity index (χ2v) is 6.99. The summed E-state index contributed by atoms with van der Waals surface area (Å²) < 4.78 is 0.785. The van der Waals surface area contributed by atoms with Gasteiger partial charge in [-0.05, 0) is 60.8 Å². The van der Waals surface area contributed by atoms with Gasteiger partial charge in [-0.25, -0.2) is 4.98 Å². The van der Waals surface area contributed by atoms with Gasteiger partial charge in [0.2, 0.25) is 0 Å². The van der Waals surface area contributed by atoms with E-state index in [-0.39, 0.29) is 5.91 Å². The molecule has 0 bridgehead atoms. The number of aromatic nitrogens is 1. The molecule has 0 radical (unpaired) electrons. The highest BCUT2D eigenvalue weighted by Crippen LogP contribution is 2.30. The number of amides is 1. The molecule has 0 spiro atoms. The van der Waals surface area contributed by atoms with Crippen molar-refractivity contribution in [1.82, 2.24) is 14.8 Å². The molecule has 2 atom stereocenters. The second-order valence-electron chi connectivity index (χ2n) is 6.08. The number of fused-ring (bicyclic) bond motifs is 1. The molecule has 2 N–H and O–H groups in total. The number of halogens is 1. The maximum absolute atomic E-state index is 12.7. The number of anilines is 1. The Morgan fingerprint density at radius 2 is 2.24 bits per heavy atom. The van der Waals surface area contributed by atoms with Gasteiger partial charge in [0.05, 0.1) is 5.56 Å². The highest BCUT2D eigenvalue weighted by atomic mass is 79.9. The van der Waals surface area contributed by atoms with Crippen LogP contribution in [0.25, 0.3) is 0 Å². The number of nitrogens with zero attached hydrogens (tertiary/aromatic N) is 3. The molecule has 0 aromatic carbocycles. The molecule has 0 aliphatic carbocycles. The third kappa shape index (κ3) is 2.92. The average molecular weight is 353 g/mol. The van der Waals surface area contributed by atoms with E-state index in [0.717, 1.165) is 24.0 Å². The van der Waals surface area contributed by atoms with Crippen molar-refractivity contribution in [3.05, 3.63) is 22.3 Å². The number of hydrogen-bond acceptors (Lipinski definition) is 4. The van der Waals surface area contributed by atoms with Crippen LogP contribution in [0.1, 0.15) is 29.6 Å². The Hall–Kier alpha value is -1.14. The second kappa shape index (κ2) is 5.93. The minimum atomic E-state index is 0.00739. The normalized spacial score (nSPS) is 26.5. The molecule has 6 heteroatoms. The van der Waals surface area contributed by atoms with Crippen LogP contribution in [0.2, 0.25) is 0 Å². The lowest BCUT2D eigenvalue weighted by Crippen LogP contribution is -2.54. The molecule has 1 aromatic rings. The standard InChI is InChI=1S/C15H21BrN4O/c1-19-5-2-3-10-9-20(6-4-13(10)19)15(21)12-7-11(16)8-18-14(12)17/h7-8,10,13H,2-6,9H2,1H3,(H2,17,18). The van der Waals surface area contributed by atoms with Crippen molar-refractivity contribution in [2.75, 3.05) is 32.4 Å². The van der Waals surface area contributed by atoms with E-state index in [1.807, 2.05) is 4.90 Å². The van der Waals surface area contributed by atoms with Crippen molar-refractivity contribution in [2.45, 2.75) is 25.3 Å². The topological polar surface area (TPSA) is 62.5 Å². The van der Waals surface area contributed by atoms with Crippen LogP contribution in [0.3, 0.4) is 0 Å². The summed E-state index contributed by atoms with van der Waals surface area (Å²) in [5.74, 6) is 0.904. The molecular weight excluding hydrogens is 332 g/mol. The number of pyridine rings is 1. The average Bonchev–Trinajstić information content (AvgIpc) is 2.49. The van der Waals surface area contributed by atoms with E-state index in [1.54, 1.807) is 12.3 Å². The maximum atomic E-state index is 12.7. The number of nitrogens with two attached hydrogens (primary N) is 1. The van der Waals surface area contributed by atoms with E-state index < -0.39 is 0 Å². The highest BCUT2D eigenvalue weighted by Gasteiger charge is 2.36. The lowest BCUT2D eigenvalue weighted by molar-refractivity contribution is 0.0317. The van der Waals surface area contributed by atoms with Crippen molar-refractivity contribution in [1.29, 1.82) is 0 Å². The molecular formula is C15H21BrN4O. The Morgan fingerprint density at radius 3 is 3.05 bits per heavy atom. The summed E-state index contributed by atoms with van der Waals surface area (Å²) in [6.07, 6.45) is 5.11. The van der Waals surface area contributed by atoms with Crippen LogP contribution < -0.4 is 5.73 Å². The van der Waals surface area contributed by atoms with Gasteiger partial charge in [0.15, 0.2) is 0 Å². The van der Waals surface area contributed by atoms with Crippen molar-refractivity contribution in [3.8, 4) is 0 Å². The number of hydrogen-bond donors (Lipinski definition) is 1. The Balaban J connectivity index is 1.76. The SMILES string of the molecule is CN1CCCC2CN(C(=O)c3cc(Br)cnc3N)CCC21. The summed E-state index contributed by atoms with van der Waals surface area (Å²) >= 11 is 3.36. The largest absolute Gasteiger partial charge is 0.383 e.